The summed E-state index contributed by atoms with van der Waals surface area (Å²) in [5.74, 6) is 0.496. The summed E-state index contributed by atoms with van der Waals surface area (Å²) in [5.41, 5.74) is 0.591. The molecule has 0 spiro atoms. The van der Waals surface area contributed by atoms with Gasteiger partial charge in [-0.2, -0.15) is 0 Å². The average Bonchev–Trinajstić information content (AvgIpc) is 2.40. The Morgan fingerprint density at radius 3 is 2.94 bits per heavy atom. The van der Waals surface area contributed by atoms with E-state index < -0.39 is 0 Å². The molecule has 1 heterocycles. The van der Waals surface area contributed by atoms with Crippen molar-refractivity contribution in [3.8, 4) is 0 Å². The number of carbonyl (C=O) groups is 1. The van der Waals surface area contributed by atoms with Gasteiger partial charge in [0.15, 0.2) is 5.15 Å². The predicted octanol–water partition coefficient (Wildman–Crippen LogP) is 3.74. The van der Waals surface area contributed by atoms with E-state index in [4.69, 9.17) is 11.6 Å². The van der Waals surface area contributed by atoms with Crippen molar-refractivity contribution in [2.75, 3.05) is 11.1 Å². The number of aromatic nitrogens is 1. The van der Waals surface area contributed by atoms with E-state index in [0.29, 0.717) is 21.8 Å². The van der Waals surface area contributed by atoms with Gasteiger partial charge < -0.3 is 5.32 Å². The van der Waals surface area contributed by atoms with Crippen LogP contribution in [0.1, 0.15) is 32.1 Å². The zero-order chi connectivity index (χ0) is 12.8. The fourth-order valence-corrected chi connectivity index (χ4v) is 3.38. The molecule has 1 aliphatic rings. The van der Waals surface area contributed by atoms with Crippen molar-refractivity contribution in [3.05, 3.63) is 23.5 Å². The summed E-state index contributed by atoms with van der Waals surface area (Å²) in [6.07, 6.45) is 8.03. The third-order valence-corrected chi connectivity index (χ3v) is 4.71. The number of halogens is 1. The van der Waals surface area contributed by atoms with Crippen LogP contribution in [0.2, 0.25) is 5.15 Å². The Morgan fingerprint density at radius 1 is 1.44 bits per heavy atom. The molecule has 1 aliphatic carbocycles. The van der Waals surface area contributed by atoms with Crippen LogP contribution in [0.5, 0.6) is 0 Å². The minimum Gasteiger partial charge on any atom is -0.323 e. The maximum Gasteiger partial charge on any atom is 0.234 e. The highest BCUT2D eigenvalue weighted by Gasteiger charge is 2.15. The number of pyridine rings is 1. The van der Waals surface area contributed by atoms with Crippen molar-refractivity contribution in [3.63, 3.8) is 0 Å². The smallest absolute Gasteiger partial charge is 0.234 e. The van der Waals surface area contributed by atoms with Crippen molar-refractivity contribution in [1.82, 2.24) is 4.98 Å². The van der Waals surface area contributed by atoms with Crippen LogP contribution in [-0.4, -0.2) is 21.9 Å². The van der Waals surface area contributed by atoms with Gasteiger partial charge in [-0.25, -0.2) is 4.98 Å². The Kier molecular flexibility index (Phi) is 5.32. The molecule has 0 aromatic carbocycles. The summed E-state index contributed by atoms with van der Waals surface area (Å²) < 4.78 is 0. The van der Waals surface area contributed by atoms with Crippen LogP contribution in [0, 0.1) is 0 Å². The first-order chi connectivity index (χ1) is 8.75. The van der Waals surface area contributed by atoms with E-state index in [9.17, 15) is 4.79 Å². The third kappa shape index (κ3) is 4.18. The fraction of sp³-hybridized carbons (Fsp3) is 0.538. The molecule has 1 amide bonds. The van der Waals surface area contributed by atoms with Crippen molar-refractivity contribution in [2.45, 2.75) is 37.4 Å². The highest BCUT2D eigenvalue weighted by molar-refractivity contribution is 8.00. The van der Waals surface area contributed by atoms with Crippen LogP contribution in [-0.2, 0) is 4.79 Å². The second-order valence-electron chi connectivity index (χ2n) is 4.46. The van der Waals surface area contributed by atoms with Crippen molar-refractivity contribution in [1.29, 1.82) is 0 Å². The number of rotatable bonds is 4. The molecule has 18 heavy (non-hydrogen) atoms. The normalized spacial score (nSPS) is 16.5. The molecule has 0 radical (unpaired) electrons. The number of carbonyl (C=O) groups excluding carboxylic acids is 1. The van der Waals surface area contributed by atoms with Gasteiger partial charge in [-0.15, -0.1) is 11.8 Å². The molecule has 0 bridgehead atoms. The van der Waals surface area contributed by atoms with Gasteiger partial charge in [-0.05, 0) is 25.0 Å². The van der Waals surface area contributed by atoms with E-state index in [1.165, 1.54) is 32.1 Å². The van der Waals surface area contributed by atoms with Gasteiger partial charge in [-0.3, -0.25) is 4.79 Å². The van der Waals surface area contributed by atoms with Crippen LogP contribution >= 0.6 is 23.4 Å². The van der Waals surface area contributed by atoms with Gasteiger partial charge >= 0.3 is 0 Å². The lowest BCUT2D eigenvalue weighted by Crippen LogP contribution is -2.18. The zero-order valence-corrected chi connectivity index (χ0v) is 11.8. The zero-order valence-electron chi connectivity index (χ0n) is 10.2. The van der Waals surface area contributed by atoms with Crippen LogP contribution in [0.25, 0.3) is 0 Å². The van der Waals surface area contributed by atoms with Gasteiger partial charge in [0.05, 0.1) is 11.4 Å². The van der Waals surface area contributed by atoms with Gasteiger partial charge in [0.1, 0.15) is 0 Å². The molecule has 3 nitrogen and oxygen atoms in total. The van der Waals surface area contributed by atoms with Crippen LogP contribution in [0.15, 0.2) is 18.3 Å². The van der Waals surface area contributed by atoms with Gasteiger partial charge in [0.25, 0.3) is 0 Å². The first-order valence-electron chi connectivity index (χ1n) is 6.27. The largest absolute Gasteiger partial charge is 0.323 e. The summed E-state index contributed by atoms with van der Waals surface area (Å²) >= 11 is 7.64. The molecule has 0 aliphatic heterocycles. The number of nitrogens with zero attached hydrogens (tertiary/aromatic N) is 1. The first-order valence-corrected chi connectivity index (χ1v) is 7.70. The quantitative estimate of drug-likeness (QED) is 0.857. The Labute approximate surface area is 117 Å². The molecule has 1 fully saturated rings. The first kappa shape index (κ1) is 13.7. The van der Waals surface area contributed by atoms with E-state index >= 15 is 0 Å². The Morgan fingerprint density at radius 2 is 2.22 bits per heavy atom. The van der Waals surface area contributed by atoms with E-state index in [1.54, 1.807) is 30.1 Å². The van der Waals surface area contributed by atoms with Crippen molar-refractivity contribution >= 4 is 35.0 Å². The van der Waals surface area contributed by atoms with E-state index in [1.807, 2.05) is 0 Å². The fourth-order valence-electron chi connectivity index (χ4n) is 2.09. The number of nitrogens with one attached hydrogen (secondary N) is 1. The summed E-state index contributed by atoms with van der Waals surface area (Å²) in [6, 6.07) is 3.52. The van der Waals surface area contributed by atoms with Gasteiger partial charge in [0.2, 0.25) is 5.91 Å². The Hall–Kier alpha value is -0.740. The topological polar surface area (TPSA) is 42.0 Å². The lowest BCUT2D eigenvalue weighted by atomic mass is 10.0. The molecule has 1 aromatic heterocycles. The molecule has 5 heteroatoms. The molecule has 1 saturated carbocycles. The highest BCUT2D eigenvalue weighted by Crippen LogP contribution is 2.28. The monoisotopic (exact) mass is 284 g/mol. The van der Waals surface area contributed by atoms with Crippen molar-refractivity contribution < 1.29 is 4.79 Å². The number of amides is 1. The minimum atomic E-state index is 0.000438. The maximum absolute atomic E-state index is 11.8. The summed E-state index contributed by atoms with van der Waals surface area (Å²) in [7, 11) is 0. The molecule has 2 rings (SSSR count). The molecule has 0 unspecified atom stereocenters. The Bertz CT molecular complexity index is 408. The molecule has 0 saturated heterocycles. The van der Waals surface area contributed by atoms with Gasteiger partial charge in [0, 0.05) is 11.4 Å². The summed E-state index contributed by atoms with van der Waals surface area (Å²) in [6.45, 7) is 0. The Balaban J connectivity index is 1.76. The molecule has 0 atom stereocenters. The number of hydrogen-bond acceptors (Lipinski definition) is 3. The lowest BCUT2D eigenvalue weighted by Gasteiger charge is -2.20. The minimum absolute atomic E-state index is 0.000438. The predicted molar refractivity (Wildman–Crippen MR) is 77.2 cm³/mol. The maximum atomic E-state index is 11.8. The summed E-state index contributed by atoms with van der Waals surface area (Å²) in [4.78, 5) is 15.7. The van der Waals surface area contributed by atoms with Gasteiger partial charge in [-0.1, -0.05) is 30.9 Å². The summed E-state index contributed by atoms with van der Waals surface area (Å²) in [5, 5.41) is 3.78. The molecular weight excluding hydrogens is 268 g/mol. The van der Waals surface area contributed by atoms with E-state index in [0.717, 1.165) is 0 Å². The SMILES string of the molecule is O=C(CSC1CCCCC1)Nc1cccnc1Cl. The average molecular weight is 285 g/mol. The van der Waals surface area contributed by atoms with Crippen LogP contribution in [0.3, 0.4) is 0 Å². The number of hydrogen-bond donors (Lipinski definition) is 1. The second-order valence-corrected chi connectivity index (χ2v) is 6.11. The second kappa shape index (κ2) is 7.00. The van der Waals surface area contributed by atoms with E-state index in [-0.39, 0.29) is 5.91 Å². The lowest BCUT2D eigenvalue weighted by molar-refractivity contribution is -0.113. The standard InChI is InChI=1S/C13H17ClN2OS/c14-13-11(7-4-8-15-13)16-12(17)9-18-10-5-2-1-3-6-10/h4,7-8,10H,1-3,5-6,9H2,(H,16,17). The van der Waals surface area contributed by atoms with E-state index in [2.05, 4.69) is 10.3 Å². The molecule has 1 aromatic rings. The molecule has 98 valence electrons. The molecule has 1 N–H and O–H groups in total. The molecular formula is C13H17ClN2OS. The number of thioether (sulfide) groups is 1. The van der Waals surface area contributed by atoms with Crippen LogP contribution in [0.4, 0.5) is 5.69 Å². The van der Waals surface area contributed by atoms with Crippen LogP contribution < -0.4 is 5.32 Å². The third-order valence-electron chi connectivity index (χ3n) is 3.04. The number of anilines is 1. The highest BCUT2D eigenvalue weighted by atomic mass is 35.5. The van der Waals surface area contributed by atoms with Crippen molar-refractivity contribution in [2.24, 2.45) is 0 Å².